The van der Waals surface area contributed by atoms with E-state index in [4.69, 9.17) is 12.2 Å². The van der Waals surface area contributed by atoms with Crippen molar-refractivity contribution in [3.63, 3.8) is 0 Å². The van der Waals surface area contributed by atoms with Crippen LogP contribution in [-0.2, 0) is 6.54 Å². The van der Waals surface area contributed by atoms with Crippen molar-refractivity contribution in [2.45, 2.75) is 51.4 Å². The predicted octanol–water partition coefficient (Wildman–Crippen LogP) is 4.40. The van der Waals surface area contributed by atoms with Crippen molar-refractivity contribution < 1.29 is 0 Å². The summed E-state index contributed by atoms with van der Waals surface area (Å²) in [7, 11) is 0. The molecule has 0 spiro atoms. The molecule has 6 heteroatoms. The minimum atomic E-state index is 0.0144. The van der Waals surface area contributed by atoms with E-state index < -0.39 is 0 Å². The summed E-state index contributed by atoms with van der Waals surface area (Å²) in [5, 5.41) is 4.30. The fourth-order valence-corrected chi connectivity index (χ4v) is 4.88. The quantitative estimate of drug-likeness (QED) is 0.640. The fraction of sp³-hybridized carbons (Fsp3) is 0.348. The van der Waals surface area contributed by atoms with Gasteiger partial charge >= 0.3 is 0 Å². The Kier molecular flexibility index (Phi) is 4.59. The minimum absolute atomic E-state index is 0.0144. The Hall–Kier alpha value is -2.73. The Morgan fingerprint density at radius 3 is 2.48 bits per heavy atom. The van der Waals surface area contributed by atoms with E-state index in [1.54, 1.807) is 0 Å². The van der Waals surface area contributed by atoms with Gasteiger partial charge in [0, 0.05) is 29.8 Å². The number of nitrogens with one attached hydrogen (secondary N) is 1. The minimum Gasteiger partial charge on any atom is -0.352 e. The summed E-state index contributed by atoms with van der Waals surface area (Å²) in [6, 6.07) is 15.2. The van der Waals surface area contributed by atoms with Crippen molar-refractivity contribution in [3.8, 4) is 0 Å². The van der Waals surface area contributed by atoms with Crippen molar-refractivity contribution in [2.24, 2.45) is 0 Å². The molecule has 1 N–H and O–H groups in total. The number of thiocarbonyl (C=S) groups is 1. The van der Waals surface area contributed by atoms with Gasteiger partial charge in [0.2, 0.25) is 0 Å². The first-order chi connectivity index (χ1) is 14.1. The topological polar surface area (TPSA) is 46.0 Å². The molecule has 1 saturated heterocycles. The van der Waals surface area contributed by atoms with Gasteiger partial charge in [-0.15, -0.1) is 0 Å². The second-order valence-electron chi connectivity index (χ2n) is 8.00. The molecule has 1 saturated carbocycles. The second kappa shape index (κ2) is 7.26. The van der Waals surface area contributed by atoms with Crippen LogP contribution in [0.2, 0.25) is 0 Å². The summed E-state index contributed by atoms with van der Waals surface area (Å²) in [4.78, 5) is 11.5. The zero-order valence-corrected chi connectivity index (χ0v) is 17.6. The third kappa shape index (κ3) is 3.31. The van der Waals surface area contributed by atoms with E-state index in [9.17, 15) is 0 Å². The van der Waals surface area contributed by atoms with Gasteiger partial charge in [-0.05, 0) is 74.8 Å². The van der Waals surface area contributed by atoms with Gasteiger partial charge in [0.1, 0.15) is 0 Å². The maximum absolute atomic E-state index is 5.79. The molecule has 1 aliphatic carbocycles. The molecular weight excluding hydrogens is 378 g/mol. The third-order valence-electron chi connectivity index (χ3n) is 6.01. The number of aromatic nitrogens is 3. The van der Waals surface area contributed by atoms with Gasteiger partial charge in [-0.3, -0.25) is 9.97 Å². The van der Waals surface area contributed by atoms with Crippen LogP contribution in [0, 0.1) is 13.8 Å². The van der Waals surface area contributed by atoms with Crippen LogP contribution in [-0.4, -0.2) is 24.5 Å². The van der Waals surface area contributed by atoms with Gasteiger partial charge in [0.15, 0.2) is 5.11 Å². The molecule has 29 heavy (non-hydrogen) atoms. The van der Waals surface area contributed by atoms with Crippen LogP contribution in [0.15, 0.2) is 54.9 Å². The second-order valence-corrected chi connectivity index (χ2v) is 8.39. The normalized spacial score (nSPS) is 21.4. The summed E-state index contributed by atoms with van der Waals surface area (Å²) in [5.74, 6) is 0. The molecule has 0 bridgehead atoms. The third-order valence-corrected chi connectivity index (χ3v) is 6.36. The van der Waals surface area contributed by atoms with Crippen LogP contribution in [0.1, 0.15) is 59.3 Å². The molecule has 0 radical (unpaired) electrons. The lowest BCUT2D eigenvalue weighted by atomic mass is 9.96. The van der Waals surface area contributed by atoms with Crippen molar-refractivity contribution in [3.05, 3.63) is 83.2 Å². The first-order valence-corrected chi connectivity index (χ1v) is 10.6. The average Bonchev–Trinajstić information content (AvgIpc) is 3.46. The Balaban J connectivity index is 1.59. The molecule has 0 unspecified atom stereocenters. The zero-order chi connectivity index (χ0) is 20.0. The lowest BCUT2D eigenvalue weighted by molar-refractivity contribution is 0.307. The van der Waals surface area contributed by atoms with E-state index in [0.717, 1.165) is 16.5 Å². The molecule has 1 aliphatic heterocycles. The highest BCUT2D eigenvalue weighted by Gasteiger charge is 2.42. The summed E-state index contributed by atoms with van der Waals surface area (Å²) >= 11 is 5.79. The SMILES string of the molecule is Cc1cc([C@@H]2[C@H](c3ccccn3)NC(=S)N2Cc2ccccn2)c(C)n1C1CC1. The predicted molar refractivity (Wildman–Crippen MR) is 117 cm³/mol. The Labute approximate surface area is 176 Å². The number of pyridine rings is 2. The number of hydrogen-bond donors (Lipinski definition) is 1. The summed E-state index contributed by atoms with van der Waals surface area (Å²) in [6.45, 7) is 5.14. The van der Waals surface area contributed by atoms with Crippen LogP contribution in [0.25, 0.3) is 0 Å². The lowest BCUT2D eigenvalue weighted by Gasteiger charge is -2.28. The van der Waals surface area contributed by atoms with Crippen LogP contribution in [0.5, 0.6) is 0 Å². The van der Waals surface area contributed by atoms with E-state index in [2.05, 4.69) is 56.8 Å². The molecule has 2 fully saturated rings. The van der Waals surface area contributed by atoms with Gasteiger partial charge in [-0.2, -0.15) is 0 Å². The summed E-state index contributed by atoms with van der Waals surface area (Å²) in [6.07, 6.45) is 6.25. The van der Waals surface area contributed by atoms with E-state index >= 15 is 0 Å². The molecule has 4 heterocycles. The molecule has 3 aromatic heterocycles. The van der Waals surface area contributed by atoms with Crippen molar-refractivity contribution in [1.82, 2.24) is 24.8 Å². The summed E-state index contributed by atoms with van der Waals surface area (Å²) < 4.78 is 2.51. The number of nitrogens with zero attached hydrogens (tertiary/aromatic N) is 4. The highest BCUT2D eigenvalue weighted by atomic mass is 32.1. The maximum Gasteiger partial charge on any atom is 0.170 e. The standard InChI is InChI=1S/C23H25N5S/c1-15-13-19(16(2)28(15)18-9-10-18)22-21(20-8-4-6-12-25-20)26-23(29)27(22)14-17-7-3-5-11-24-17/h3-8,11-13,18,21-22H,9-10,14H2,1-2H3,(H,26,29)/t21-,22+/m0/s1. The molecule has 2 aliphatic rings. The number of hydrogen-bond acceptors (Lipinski definition) is 3. The first-order valence-electron chi connectivity index (χ1n) is 10.2. The van der Waals surface area contributed by atoms with E-state index in [1.807, 2.05) is 36.7 Å². The van der Waals surface area contributed by atoms with Gasteiger partial charge in [-0.1, -0.05) is 12.1 Å². The lowest BCUT2D eigenvalue weighted by Crippen LogP contribution is -2.29. The highest BCUT2D eigenvalue weighted by Crippen LogP contribution is 2.44. The Morgan fingerprint density at radius 2 is 1.83 bits per heavy atom. The monoisotopic (exact) mass is 403 g/mol. The van der Waals surface area contributed by atoms with E-state index in [1.165, 1.54) is 29.8 Å². The molecular formula is C23H25N5S. The Morgan fingerprint density at radius 1 is 1.07 bits per heavy atom. The molecule has 148 valence electrons. The van der Waals surface area contributed by atoms with Crippen LogP contribution < -0.4 is 5.32 Å². The van der Waals surface area contributed by atoms with Crippen LogP contribution in [0.4, 0.5) is 0 Å². The van der Waals surface area contributed by atoms with Gasteiger partial charge in [0.25, 0.3) is 0 Å². The molecule has 5 nitrogen and oxygen atoms in total. The number of rotatable bonds is 5. The summed E-state index contributed by atoms with van der Waals surface area (Å²) in [5.41, 5.74) is 6.02. The highest BCUT2D eigenvalue weighted by molar-refractivity contribution is 7.80. The first kappa shape index (κ1) is 18.3. The van der Waals surface area contributed by atoms with Crippen molar-refractivity contribution in [2.75, 3.05) is 0 Å². The number of aryl methyl sites for hydroxylation is 1. The Bertz CT molecular complexity index is 1030. The van der Waals surface area contributed by atoms with Gasteiger partial charge < -0.3 is 14.8 Å². The molecule has 3 aromatic rings. The van der Waals surface area contributed by atoms with Crippen molar-refractivity contribution in [1.29, 1.82) is 0 Å². The van der Waals surface area contributed by atoms with Crippen LogP contribution >= 0.6 is 12.2 Å². The smallest absolute Gasteiger partial charge is 0.170 e. The van der Waals surface area contributed by atoms with Gasteiger partial charge in [-0.25, -0.2) is 0 Å². The fourth-order valence-electron chi connectivity index (χ4n) is 4.58. The zero-order valence-electron chi connectivity index (χ0n) is 16.7. The molecule has 0 aromatic carbocycles. The van der Waals surface area contributed by atoms with E-state index in [0.29, 0.717) is 12.6 Å². The largest absolute Gasteiger partial charge is 0.352 e. The molecule has 5 rings (SSSR count). The molecule has 0 amide bonds. The maximum atomic E-state index is 5.79. The van der Waals surface area contributed by atoms with E-state index in [-0.39, 0.29) is 12.1 Å². The average molecular weight is 404 g/mol. The van der Waals surface area contributed by atoms with Crippen molar-refractivity contribution >= 4 is 17.3 Å². The van der Waals surface area contributed by atoms with Gasteiger partial charge in [0.05, 0.1) is 30.0 Å². The molecule has 2 atom stereocenters. The van der Waals surface area contributed by atoms with Crippen LogP contribution in [0.3, 0.4) is 0 Å².